The van der Waals surface area contributed by atoms with Crippen molar-refractivity contribution in [2.75, 3.05) is 18.4 Å². The Balaban J connectivity index is 1.60. The lowest BCUT2D eigenvalue weighted by molar-refractivity contribution is -0.131. The minimum atomic E-state index is -0.254. The Bertz CT molecular complexity index is 765. The van der Waals surface area contributed by atoms with Gasteiger partial charge in [0.05, 0.1) is 16.6 Å². The summed E-state index contributed by atoms with van der Waals surface area (Å²) in [4.78, 5) is 25.9. The molecule has 2 aromatic rings. The van der Waals surface area contributed by atoms with Crippen molar-refractivity contribution in [2.45, 2.75) is 12.3 Å². The number of hydrogen-bond donors (Lipinski definition) is 1. The van der Waals surface area contributed by atoms with Crippen molar-refractivity contribution in [3.05, 3.63) is 64.1 Å². The first-order valence-corrected chi connectivity index (χ1v) is 8.36. The number of likely N-dealkylation sites (tertiary alicyclic amines) is 1. The highest BCUT2D eigenvalue weighted by molar-refractivity contribution is 6.42. The van der Waals surface area contributed by atoms with E-state index in [0.717, 1.165) is 5.56 Å². The number of carbonyl (C=O) groups excluding carboxylic acids is 2. The molecule has 2 aromatic carbocycles. The molecule has 2 amide bonds. The quantitative estimate of drug-likeness (QED) is 0.894. The van der Waals surface area contributed by atoms with Gasteiger partial charge in [0.25, 0.3) is 0 Å². The van der Waals surface area contributed by atoms with Gasteiger partial charge in [-0.2, -0.15) is 0 Å². The smallest absolute Gasteiger partial charge is 0.243 e. The predicted molar refractivity (Wildman–Crippen MR) is 95.5 cm³/mol. The van der Waals surface area contributed by atoms with E-state index in [9.17, 15) is 9.59 Å². The summed E-state index contributed by atoms with van der Waals surface area (Å²) in [5.74, 6) is -0.125. The van der Waals surface area contributed by atoms with Gasteiger partial charge in [-0.05, 0) is 23.8 Å². The zero-order valence-corrected chi connectivity index (χ0v) is 14.3. The first-order chi connectivity index (χ1) is 11.5. The Hall–Kier alpha value is -2.04. The minimum absolute atomic E-state index is 0.00635. The maximum Gasteiger partial charge on any atom is 0.243 e. The van der Waals surface area contributed by atoms with Crippen LogP contribution in [0, 0.1) is 0 Å². The molecule has 0 aromatic heterocycles. The molecule has 24 heavy (non-hydrogen) atoms. The Morgan fingerprint density at radius 3 is 2.58 bits per heavy atom. The van der Waals surface area contributed by atoms with E-state index in [4.69, 9.17) is 23.2 Å². The molecule has 0 bridgehead atoms. The molecule has 6 heteroatoms. The van der Waals surface area contributed by atoms with Crippen LogP contribution < -0.4 is 5.32 Å². The van der Waals surface area contributed by atoms with E-state index < -0.39 is 0 Å². The number of halogens is 2. The van der Waals surface area contributed by atoms with Gasteiger partial charge in [-0.25, -0.2) is 0 Å². The van der Waals surface area contributed by atoms with Crippen LogP contribution in [0.2, 0.25) is 10.0 Å². The van der Waals surface area contributed by atoms with Crippen LogP contribution in [0.3, 0.4) is 0 Å². The highest BCUT2D eigenvalue weighted by atomic mass is 35.5. The number of anilines is 1. The first kappa shape index (κ1) is 16.8. The molecular weight excluding hydrogens is 347 g/mol. The van der Waals surface area contributed by atoms with Gasteiger partial charge in [0.2, 0.25) is 11.8 Å². The van der Waals surface area contributed by atoms with Gasteiger partial charge in [-0.1, -0.05) is 53.5 Å². The highest BCUT2D eigenvalue weighted by Gasteiger charge is 2.31. The summed E-state index contributed by atoms with van der Waals surface area (Å²) in [7, 11) is 0. The van der Waals surface area contributed by atoms with Gasteiger partial charge in [0.1, 0.15) is 0 Å². The average molecular weight is 363 g/mol. The molecule has 1 heterocycles. The molecule has 0 saturated carbocycles. The highest BCUT2D eigenvalue weighted by Crippen LogP contribution is 2.28. The molecule has 1 aliphatic rings. The predicted octanol–water partition coefficient (Wildman–Crippen LogP) is 3.95. The van der Waals surface area contributed by atoms with Crippen LogP contribution in [0.5, 0.6) is 0 Å². The van der Waals surface area contributed by atoms with Gasteiger partial charge >= 0.3 is 0 Å². The minimum Gasteiger partial charge on any atom is -0.333 e. The van der Waals surface area contributed by atoms with Crippen molar-refractivity contribution in [2.24, 2.45) is 0 Å². The van der Waals surface area contributed by atoms with Crippen molar-refractivity contribution < 1.29 is 9.59 Å². The number of benzene rings is 2. The molecule has 3 rings (SSSR count). The van der Waals surface area contributed by atoms with Crippen LogP contribution in [0.25, 0.3) is 0 Å². The lowest BCUT2D eigenvalue weighted by Crippen LogP contribution is -2.34. The van der Waals surface area contributed by atoms with Crippen molar-refractivity contribution >= 4 is 40.7 Å². The molecule has 124 valence electrons. The van der Waals surface area contributed by atoms with E-state index in [-0.39, 0.29) is 24.3 Å². The largest absolute Gasteiger partial charge is 0.333 e. The fourth-order valence-corrected chi connectivity index (χ4v) is 3.12. The van der Waals surface area contributed by atoms with Gasteiger partial charge in [-0.15, -0.1) is 0 Å². The number of nitrogens with one attached hydrogen (secondary N) is 1. The molecular formula is C18H16Cl2N2O2. The Morgan fingerprint density at radius 1 is 1.12 bits per heavy atom. The van der Waals surface area contributed by atoms with E-state index >= 15 is 0 Å². The van der Waals surface area contributed by atoms with Crippen LogP contribution >= 0.6 is 23.2 Å². The molecule has 0 radical (unpaired) electrons. The fraction of sp³-hybridized carbons (Fsp3) is 0.222. The average Bonchev–Trinajstić information content (AvgIpc) is 2.93. The first-order valence-electron chi connectivity index (χ1n) is 7.60. The van der Waals surface area contributed by atoms with Crippen LogP contribution in [-0.4, -0.2) is 29.8 Å². The summed E-state index contributed by atoms with van der Waals surface area (Å²) in [6.07, 6.45) is 0.435. The van der Waals surface area contributed by atoms with Gasteiger partial charge in [0.15, 0.2) is 0 Å². The third-order valence-corrected chi connectivity index (χ3v) is 4.76. The summed E-state index contributed by atoms with van der Waals surface area (Å²) in [5, 5.41) is 3.53. The van der Waals surface area contributed by atoms with Crippen molar-refractivity contribution in [1.29, 1.82) is 0 Å². The maximum absolute atomic E-state index is 12.2. The van der Waals surface area contributed by atoms with Crippen molar-refractivity contribution in [3.63, 3.8) is 0 Å². The maximum atomic E-state index is 12.2. The summed E-state index contributed by atoms with van der Waals surface area (Å²) in [6.45, 7) is 0.583. The van der Waals surface area contributed by atoms with Crippen LogP contribution in [0.1, 0.15) is 17.9 Å². The van der Waals surface area contributed by atoms with E-state index in [1.54, 1.807) is 23.1 Å². The standard InChI is InChI=1S/C18H16Cl2N2O2/c19-15-7-6-14(9-16(15)20)21-17(23)11-22-10-13(8-18(22)24)12-4-2-1-3-5-12/h1-7,9,13H,8,10-11H2,(H,21,23)/t13-/m1/s1. The van der Waals surface area contributed by atoms with E-state index in [1.807, 2.05) is 30.3 Å². The van der Waals surface area contributed by atoms with E-state index in [0.29, 0.717) is 28.7 Å². The van der Waals surface area contributed by atoms with Gasteiger partial charge in [-0.3, -0.25) is 9.59 Å². The SMILES string of the molecule is O=C(CN1C[C@H](c2ccccc2)CC1=O)Nc1ccc(Cl)c(Cl)c1. The third-order valence-electron chi connectivity index (χ3n) is 4.02. The Morgan fingerprint density at radius 2 is 1.88 bits per heavy atom. The molecule has 1 aliphatic heterocycles. The topological polar surface area (TPSA) is 49.4 Å². The molecule has 4 nitrogen and oxygen atoms in total. The number of hydrogen-bond acceptors (Lipinski definition) is 2. The monoisotopic (exact) mass is 362 g/mol. The zero-order chi connectivity index (χ0) is 17.1. The molecule has 0 spiro atoms. The van der Waals surface area contributed by atoms with Gasteiger partial charge < -0.3 is 10.2 Å². The second-order valence-corrected chi connectivity index (χ2v) is 6.58. The lowest BCUT2D eigenvalue weighted by Gasteiger charge is -2.16. The summed E-state index contributed by atoms with van der Waals surface area (Å²) >= 11 is 11.8. The van der Waals surface area contributed by atoms with E-state index in [2.05, 4.69) is 5.32 Å². The van der Waals surface area contributed by atoms with Crippen LogP contribution in [-0.2, 0) is 9.59 Å². The van der Waals surface area contributed by atoms with Crippen molar-refractivity contribution in [1.82, 2.24) is 4.90 Å². The number of rotatable bonds is 4. The molecule has 1 N–H and O–H groups in total. The second kappa shape index (κ2) is 7.24. The van der Waals surface area contributed by atoms with Crippen LogP contribution in [0.4, 0.5) is 5.69 Å². The summed E-state index contributed by atoms with van der Waals surface area (Å²) in [6, 6.07) is 14.8. The molecule has 1 saturated heterocycles. The molecule has 0 unspecified atom stereocenters. The summed E-state index contributed by atoms with van der Waals surface area (Å²) in [5.41, 5.74) is 1.68. The molecule has 0 aliphatic carbocycles. The lowest BCUT2D eigenvalue weighted by atomic mass is 9.99. The zero-order valence-electron chi connectivity index (χ0n) is 12.8. The second-order valence-electron chi connectivity index (χ2n) is 5.76. The molecule has 1 atom stereocenters. The summed E-state index contributed by atoms with van der Waals surface area (Å²) < 4.78 is 0. The Kier molecular flexibility index (Phi) is 5.07. The number of nitrogens with zero attached hydrogens (tertiary/aromatic N) is 1. The number of amides is 2. The van der Waals surface area contributed by atoms with Crippen molar-refractivity contribution in [3.8, 4) is 0 Å². The fourth-order valence-electron chi connectivity index (χ4n) is 2.82. The van der Waals surface area contributed by atoms with Gasteiger partial charge in [0, 0.05) is 24.6 Å². The Labute approximate surface area is 150 Å². The molecule has 1 fully saturated rings. The van der Waals surface area contributed by atoms with E-state index in [1.165, 1.54) is 0 Å². The third kappa shape index (κ3) is 3.89. The normalized spacial score (nSPS) is 17.2. The number of carbonyl (C=O) groups is 2. The van der Waals surface area contributed by atoms with Crippen LogP contribution in [0.15, 0.2) is 48.5 Å².